The lowest BCUT2D eigenvalue weighted by atomic mass is 10.1. The molecule has 1 aromatic heterocycles. The summed E-state index contributed by atoms with van der Waals surface area (Å²) in [4.78, 5) is 27.1. The first-order chi connectivity index (χ1) is 11.6. The number of nitrogen functional groups attached to an aromatic ring is 1. The van der Waals surface area contributed by atoms with Crippen LogP contribution in [0.4, 0.5) is 11.4 Å². The van der Waals surface area contributed by atoms with Crippen LogP contribution in [0.25, 0.3) is 0 Å². The van der Waals surface area contributed by atoms with Crippen molar-refractivity contribution in [3.05, 3.63) is 53.9 Å². The van der Waals surface area contributed by atoms with Gasteiger partial charge in [0.1, 0.15) is 0 Å². The number of benzene rings is 1. The van der Waals surface area contributed by atoms with Crippen molar-refractivity contribution in [2.75, 3.05) is 24.7 Å². The molecule has 0 saturated carbocycles. The van der Waals surface area contributed by atoms with Crippen LogP contribution in [0.5, 0.6) is 0 Å². The SMILES string of the molecule is COC(=O)CCNC(=O)c1ccc(NCc2cccnc2)c(N)c1. The molecule has 1 amide bonds. The molecule has 0 bridgehead atoms. The van der Waals surface area contributed by atoms with Gasteiger partial charge in [0.25, 0.3) is 5.91 Å². The van der Waals surface area contributed by atoms with Crippen LogP contribution in [0.2, 0.25) is 0 Å². The lowest BCUT2D eigenvalue weighted by Crippen LogP contribution is -2.26. The van der Waals surface area contributed by atoms with Gasteiger partial charge in [-0.1, -0.05) is 6.07 Å². The Bertz CT molecular complexity index is 704. The fourth-order valence-electron chi connectivity index (χ4n) is 2.05. The number of hydrogen-bond donors (Lipinski definition) is 3. The summed E-state index contributed by atoms with van der Waals surface area (Å²) >= 11 is 0. The summed E-state index contributed by atoms with van der Waals surface area (Å²) < 4.78 is 4.51. The molecule has 0 spiro atoms. The minimum atomic E-state index is -0.371. The Balaban J connectivity index is 1.91. The van der Waals surface area contributed by atoms with Crippen molar-refractivity contribution >= 4 is 23.3 Å². The quantitative estimate of drug-likeness (QED) is 0.526. The minimum Gasteiger partial charge on any atom is -0.469 e. The van der Waals surface area contributed by atoms with E-state index in [4.69, 9.17) is 5.73 Å². The maximum absolute atomic E-state index is 12.0. The number of aromatic nitrogens is 1. The van der Waals surface area contributed by atoms with E-state index in [1.165, 1.54) is 7.11 Å². The van der Waals surface area contributed by atoms with E-state index in [1.54, 1.807) is 30.6 Å². The molecular formula is C17H20N4O3. The molecule has 0 aliphatic rings. The van der Waals surface area contributed by atoms with E-state index < -0.39 is 0 Å². The van der Waals surface area contributed by atoms with Gasteiger partial charge in [-0.2, -0.15) is 0 Å². The highest BCUT2D eigenvalue weighted by molar-refractivity contribution is 5.96. The Labute approximate surface area is 140 Å². The number of rotatable bonds is 7. The lowest BCUT2D eigenvalue weighted by molar-refractivity contribution is -0.140. The number of hydrogen-bond acceptors (Lipinski definition) is 6. The second kappa shape index (κ2) is 8.52. The van der Waals surface area contributed by atoms with Crippen LogP contribution in [0.3, 0.4) is 0 Å². The Morgan fingerprint density at radius 1 is 1.29 bits per heavy atom. The van der Waals surface area contributed by atoms with Crippen molar-refractivity contribution in [2.24, 2.45) is 0 Å². The first kappa shape index (κ1) is 17.3. The number of anilines is 2. The molecular weight excluding hydrogens is 308 g/mol. The van der Waals surface area contributed by atoms with E-state index in [0.29, 0.717) is 17.8 Å². The van der Waals surface area contributed by atoms with Gasteiger partial charge in [-0.05, 0) is 29.8 Å². The Kier molecular flexibility index (Phi) is 6.13. The van der Waals surface area contributed by atoms with Crippen LogP contribution in [-0.2, 0) is 16.1 Å². The maximum Gasteiger partial charge on any atom is 0.307 e. The van der Waals surface area contributed by atoms with Crippen molar-refractivity contribution < 1.29 is 14.3 Å². The van der Waals surface area contributed by atoms with Crippen molar-refractivity contribution in [3.63, 3.8) is 0 Å². The van der Waals surface area contributed by atoms with E-state index in [-0.39, 0.29) is 24.8 Å². The van der Waals surface area contributed by atoms with Crippen LogP contribution >= 0.6 is 0 Å². The van der Waals surface area contributed by atoms with Crippen LogP contribution in [-0.4, -0.2) is 30.5 Å². The Hall–Kier alpha value is -3.09. The first-order valence-electron chi connectivity index (χ1n) is 7.47. The molecule has 0 unspecified atom stereocenters. The molecule has 24 heavy (non-hydrogen) atoms. The van der Waals surface area contributed by atoms with Gasteiger partial charge in [0.15, 0.2) is 0 Å². The van der Waals surface area contributed by atoms with Crippen LogP contribution in [0.15, 0.2) is 42.7 Å². The molecule has 0 fully saturated rings. The Morgan fingerprint density at radius 3 is 2.79 bits per heavy atom. The molecule has 7 nitrogen and oxygen atoms in total. The largest absolute Gasteiger partial charge is 0.469 e. The second-order valence-electron chi connectivity index (χ2n) is 5.10. The molecule has 1 heterocycles. The highest BCUT2D eigenvalue weighted by Crippen LogP contribution is 2.20. The number of amides is 1. The number of nitrogens with one attached hydrogen (secondary N) is 2. The molecule has 126 valence electrons. The molecule has 2 aromatic rings. The number of esters is 1. The summed E-state index contributed by atoms with van der Waals surface area (Å²) in [5, 5.41) is 5.85. The number of carbonyl (C=O) groups excluding carboxylic acids is 2. The third-order valence-electron chi connectivity index (χ3n) is 3.36. The zero-order chi connectivity index (χ0) is 17.4. The third kappa shape index (κ3) is 4.98. The molecule has 0 aliphatic carbocycles. The predicted octanol–water partition coefficient (Wildman–Crippen LogP) is 1.57. The normalized spacial score (nSPS) is 10.0. The summed E-state index contributed by atoms with van der Waals surface area (Å²) in [6, 6.07) is 8.84. The van der Waals surface area contributed by atoms with Crippen LogP contribution in [0.1, 0.15) is 22.3 Å². The van der Waals surface area contributed by atoms with E-state index >= 15 is 0 Å². The minimum absolute atomic E-state index is 0.127. The van der Waals surface area contributed by atoms with Gasteiger partial charge in [0, 0.05) is 31.0 Å². The van der Waals surface area contributed by atoms with Gasteiger partial charge in [-0.15, -0.1) is 0 Å². The average Bonchev–Trinajstić information content (AvgIpc) is 2.61. The van der Waals surface area contributed by atoms with Crippen molar-refractivity contribution in [1.82, 2.24) is 10.3 Å². The zero-order valence-corrected chi connectivity index (χ0v) is 13.4. The van der Waals surface area contributed by atoms with Gasteiger partial charge in [-0.3, -0.25) is 14.6 Å². The molecule has 2 rings (SSSR count). The standard InChI is InChI=1S/C17H20N4O3/c1-24-16(22)6-8-20-17(23)13-4-5-15(14(18)9-13)21-11-12-3-2-7-19-10-12/h2-5,7,9-10,21H,6,8,11,18H2,1H3,(H,20,23). The smallest absolute Gasteiger partial charge is 0.307 e. The van der Waals surface area contributed by atoms with E-state index in [9.17, 15) is 9.59 Å². The molecule has 0 aliphatic heterocycles. The number of nitrogens with two attached hydrogens (primary N) is 1. The number of pyridine rings is 1. The predicted molar refractivity (Wildman–Crippen MR) is 91.4 cm³/mol. The van der Waals surface area contributed by atoms with Crippen LogP contribution in [0, 0.1) is 0 Å². The summed E-state index contributed by atoms with van der Waals surface area (Å²) in [7, 11) is 1.31. The van der Waals surface area contributed by atoms with E-state index in [1.807, 2.05) is 12.1 Å². The lowest BCUT2D eigenvalue weighted by Gasteiger charge is -2.11. The van der Waals surface area contributed by atoms with Gasteiger partial charge >= 0.3 is 5.97 Å². The summed E-state index contributed by atoms with van der Waals surface area (Å²) in [6.45, 7) is 0.801. The monoisotopic (exact) mass is 328 g/mol. The molecule has 0 atom stereocenters. The van der Waals surface area contributed by atoms with E-state index in [0.717, 1.165) is 11.3 Å². The highest BCUT2D eigenvalue weighted by atomic mass is 16.5. The number of methoxy groups -OCH3 is 1. The maximum atomic E-state index is 12.0. The molecule has 1 aromatic carbocycles. The average molecular weight is 328 g/mol. The topological polar surface area (TPSA) is 106 Å². The zero-order valence-electron chi connectivity index (χ0n) is 13.4. The number of carbonyl (C=O) groups is 2. The van der Waals surface area contributed by atoms with E-state index in [2.05, 4.69) is 20.4 Å². The van der Waals surface area contributed by atoms with Crippen molar-refractivity contribution in [2.45, 2.75) is 13.0 Å². The van der Waals surface area contributed by atoms with Gasteiger partial charge in [0.05, 0.1) is 24.9 Å². The molecule has 0 saturated heterocycles. The highest BCUT2D eigenvalue weighted by Gasteiger charge is 2.09. The molecule has 4 N–H and O–H groups in total. The fraction of sp³-hybridized carbons (Fsp3) is 0.235. The summed E-state index contributed by atoms with van der Waals surface area (Å²) in [6.07, 6.45) is 3.61. The van der Waals surface area contributed by atoms with Crippen molar-refractivity contribution in [1.29, 1.82) is 0 Å². The molecule has 7 heteroatoms. The van der Waals surface area contributed by atoms with Gasteiger partial charge in [0.2, 0.25) is 0 Å². The summed E-state index contributed by atoms with van der Waals surface area (Å²) in [5.41, 5.74) is 8.67. The second-order valence-corrected chi connectivity index (χ2v) is 5.10. The fourth-order valence-corrected chi connectivity index (χ4v) is 2.05. The van der Waals surface area contributed by atoms with Gasteiger partial charge in [-0.25, -0.2) is 0 Å². The summed E-state index contributed by atoms with van der Waals surface area (Å²) in [5.74, 6) is -0.658. The third-order valence-corrected chi connectivity index (χ3v) is 3.36. The Morgan fingerprint density at radius 2 is 2.12 bits per heavy atom. The number of ether oxygens (including phenoxy) is 1. The number of nitrogens with zero attached hydrogens (tertiary/aromatic N) is 1. The van der Waals surface area contributed by atoms with Crippen molar-refractivity contribution in [3.8, 4) is 0 Å². The van der Waals surface area contributed by atoms with Gasteiger partial charge < -0.3 is 21.1 Å². The molecule has 0 radical (unpaired) electrons. The van der Waals surface area contributed by atoms with Crippen LogP contribution < -0.4 is 16.4 Å². The first-order valence-corrected chi connectivity index (χ1v) is 7.47.